The largest absolute Gasteiger partial charge is 0.486 e. The lowest BCUT2D eigenvalue weighted by Gasteiger charge is -2.15. The second-order valence-corrected chi connectivity index (χ2v) is 5.03. The molecule has 1 heterocycles. The molecule has 0 atom stereocenters. The standard InChI is InChI=1S/C16H16O7/c1-8(2)20-14-11-6-5-7-12(21-9(3)17)13(11)23-16(19)15(14)22-10(4)18/h5-8H,1-4H3. The fourth-order valence-electron chi connectivity index (χ4n) is 1.97. The Morgan fingerprint density at radius 3 is 2.26 bits per heavy atom. The number of hydrogen-bond acceptors (Lipinski definition) is 7. The molecule has 1 aromatic carbocycles. The summed E-state index contributed by atoms with van der Waals surface area (Å²) in [6.45, 7) is 5.91. The highest BCUT2D eigenvalue weighted by Gasteiger charge is 2.22. The van der Waals surface area contributed by atoms with Gasteiger partial charge in [-0.2, -0.15) is 0 Å². The molecule has 2 aromatic rings. The lowest BCUT2D eigenvalue weighted by atomic mass is 10.2. The molecule has 0 saturated carbocycles. The van der Waals surface area contributed by atoms with Crippen molar-refractivity contribution in [3.8, 4) is 17.2 Å². The van der Waals surface area contributed by atoms with E-state index in [4.69, 9.17) is 18.6 Å². The summed E-state index contributed by atoms with van der Waals surface area (Å²) in [5.41, 5.74) is -0.859. The van der Waals surface area contributed by atoms with Crippen LogP contribution in [0.2, 0.25) is 0 Å². The van der Waals surface area contributed by atoms with Crippen LogP contribution < -0.4 is 19.8 Å². The van der Waals surface area contributed by atoms with E-state index in [1.807, 2.05) is 0 Å². The van der Waals surface area contributed by atoms with E-state index >= 15 is 0 Å². The first-order valence-corrected chi connectivity index (χ1v) is 6.93. The number of esters is 2. The van der Waals surface area contributed by atoms with Gasteiger partial charge in [0, 0.05) is 13.8 Å². The summed E-state index contributed by atoms with van der Waals surface area (Å²) in [6, 6.07) is 4.69. The Kier molecular flexibility index (Phi) is 4.68. The summed E-state index contributed by atoms with van der Waals surface area (Å²) in [5.74, 6) is -1.43. The van der Waals surface area contributed by atoms with Gasteiger partial charge in [0.05, 0.1) is 11.5 Å². The van der Waals surface area contributed by atoms with Crippen molar-refractivity contribution in [2.24, 2.45) is 0 Å². The fourth-order valence-corrected chi connectivity index (χ4v) is 1.97. The van der Waals surface area contributed by atoms with E-state index in [9.17, 15) is 14.4 Å². The molecule has 0 unspecified atom stereocenters. The van der Waals surface area contributed by atoms with Gasteiger partial charge in [0.15, 0.2) is 17.1 Å². The van der Waals surface area contributed by atoms with Gasteiger partial charge < -0.3 is 18.6 Å². The van der Waals surface area contributed by atoms with Crippen molar-refractivity contribution in [1.82, 2.24) is 0 Å². The first-order valence-electron chi connectivity index (χ1n) is 6.93. The van der Waals surface area contributed by atoms with Crippen molar-refractivity contribution in [2.45, 2.75) is 33.8 Å². The van der Waals surface area contributed by atoms with Gasteiger partial charge in [0.25, 0.3) is 5.75 Å². The van der Waals surface area contributed by atoms with Crippen LogP contribution in [0.5, 0.6) is 17.2 Å². The van der Waals surface area contributed by atoms with Crippen LogP contribution in [-0.4, -0.2) is 18.0 Å². The number of rotatable bonds is 4. The molecule has 2 rings (SSSR count). The first kappa shape index (κ1) is 16.5. The molecule has 0 aliphatic carbocycles. The molecule has 122 valence electrons. The average molecular weight is 320 g/mol. The molecule has 0 saturated heterocycles. The molecule has 0 fully saturated rings. The quantitative estimate of drug-likeness (QED) is 0.485. The Morgan fingerprint density at radius 2 is 1.70 bits per heavy atom. The van der Waals surface area contributed by atoms with Gasteiger partial charge in [-0.15, -0.1) is 0 Å². The van der Waals surface area contributed by atoms with Crippen LogP contribution in [-0.2, 0) is 9.59 Å². The lowest BCUT2D eigenvalue weighted by molar-refractivity contribution is -0.132. The molecular formula is C16H16O7. The first-order chi connectivity index (χ1) is 10.8. The fraction of sp³-hybridized carbons (Fsp3) is 0.312. The molecule has 0 bridgehead atoms. The van der Waals surface area contributed by atoms with Crippen molar-refractivity contribution in [3.63, 3.8) is 0 Å². The van der Waals surface area contributed by atoms with E-state index in [0.717, 1.165) is 6.92 Å². The summed E-state index contributed by atoms with van der Waals surface area (Å²) in [5, 5.41) is 0.355. The van der Waals surface area contributed by atoms with Gasteiger partial charge in [-0.1, -0.05) is 6.07 Å². The highest BCUT2D eigenvalue weighted by Crippen LogP contribution is 2.37. The van der Waals surface area contributed by atoms with Gasteiger partial charge in [0.2, 0.25) is 0 Å². The monoisotopic (exact) mass is 320 g/mol. The van der Waals surface area contributed by atoms with Gasteiger partial charge in [-0.3, -0.25) is 9.59 Å². The molecule has 0 aliphatic heterocycles. The van der Waals surface area contributed by atoms with E-state index in [1.54, 1.807) is 26.0 Å². The zero-order valence-corrected chi connectivity index (χ0v) is 13.2. The highest BCUT2D eigenvalue weighted by atomic mass is 16.6. The van der Waals surface area contributed by atoms with Crippen molar-refractivity contribution in [2.75, 3.05) is 0 Å². The SMILES string of the molecule is CC(=O)Oc1c(OC(C)C)c2cccc(OC(C)=O)c2oc1=O. The molecule has 0 spiro atoms. The Labute approximate surface area is 131 Å². The topological polar surface area (TPSA) is 92.0 Å². The Balaban J connectivity index is 2.78. The summed E-state index contributed by atoms with van der Waals surface area (Å²) in [4.78, 5) is 34.5. The number of benzene rings is 1. The summed E-state index contributed by atoms with van der Waals surface area (Å²) < 4.78 is 20.7. The number of carbonyl (C=O) groups is 2. The highest BCUT2D eigenvalue weighted by molar-refractivity contribution is 5.92. The van der Waals surface area contributed by atoms with Crippen LogP contribution >= 0.6 is 0 Å². The number of carbonyl (C=O) groups excluding carboxylic acids is 2. The third-order valence-electron chi connectivity index (χ3n) is 2.66. The van der Waals surface area contributed by atoms with Gasteiger partial charge >= 0.3 is 17.6 Å². The molecule has 0 radical (unpaired) electrons. The maximum absolute atomic E-state index is 12.1. The normalized spacial score (nSPS) is 10.7. The number of ether oxygens (including phenoxy) is 3. The summed E-state index contributed by atoms with van der Waals surface area (Å²) in [6.07, 6.45) is -0.285. The zero-order valence-electron chi connectivity index (χ0n) is 13.2. The van der Waals surface area contributed by atoms with Gasteiger partial charge in [-0.05, 0) is 26.0 Å². The minimum absolute atomic E-state index is 0.0410. The molecule has 0 aliphatic rings. The van der Waals surface area contributed by atoms with Gasteiger partial charge in [-0.25, -0.2) is 4.79 Å². The molecule has 0 N–H and O–H groups in total. The van der Waals surface area contributed by atoms with Crippen LogP contribution in [0.25, 0.3) is 11.0 Å². The minimum Gasteiger partial charge on any atom is -0.486 e. The number of hydrogen-bond donors (Lipinski definition) is 0. The van der Waals surface area contributed by atoms with E-state index < -0.39 is 17.6 Å². The molecule has 0 amide bonds. The maximum atomic E-state index is 12.1. The van der Waals surface area contributed by atoms with Crippen LogP contribution in [0.3, 0.4) is 0 Å². The predicted molar refractivity (Wildman–Crippen MR) is 80.9 cm³/mol. The molecular weight excluding hydrogens is 304 g/mol. The second kappa shape index (κ2) is 6.51. The van der Waals surface area contributed by atoms with E-state index in [0.29, 0.717) is 5.39 Å². The summed E-state index contributed by atoms with van der Waals surface area (Å²) in [7, 11) is 0. The van der Waals surface area contributed by atoms with E-state index in [-0.39, 0.29) is 28.9 Å². The van der Waals surface area contributed by atoms with Crippen LogP contribution in [0, 0.1) is 0 Å². The Bertz CT molecular complexity index is 817. The number of fused-ring (bicyclic) bond motifs is 1. The smallest absolute Gasteiger partial charge is 0.383 e. The lowest BCUT2D eigenvalue weighted by Crippen LogP contribution is -2.16. The van der Waals surface area contributed by atoms with Crippen molar-refractivity contribution in [3.05, 3.63) is 28.6 Å². The number of para-hydroxylation sites is 1. The second-order valence-electron chi connectivity index (χ2n) is 5.03. The van der Waals surface area contributed by atoms with Crippen molar-refractivity contribution in [1.29, 1.82) is 0 Å². The zero-order chi connectivity index (χ0) is 17.1. The van der Waals surface area contributed by atoms with E-state index in [1.165, 1.54) is 13.0 Å². The van der Waals surface area contributed by atoms with Crippen molar-refractivity contribution >= 4 is 22.9 Å². The third kappa shape index (κ3) is 3.68. The minimum atomic E-state index is -0.900. The molecule has 23 heavy (non-hydrogen) atoms. The van der Waals surface area contributed by atoms with Crippen LogP contribution in [0.15, 0.2) is 27.4 Å². The predicted octanol–water partition coefficient (Wildman–Crippen LogP) is 2.43. The van der Waals surface area contributed by atoms with Gasteiger partial charge in [0.1, 0.15) is 0 Å². The van der Waals surface area contributed by atoms with Crippen LogP contribution in [0.4, 0.5) is 0 Å². The molecule has 7 heteroatoms. The third-order valence-corrected chi connectivity index (χ3v) is 2.66. The van der Waals surface area contributed by atoms with E-state index in [2.05, 4.69) is 0 Å². The Morgan fingerprint density at radius 1 is 1.04 bits per heavy atom. The van der Waals surface area contributed by atoms with Crippen molar-refractivity contribution < 1.29 is 28.2 Å². The summed E-state index contributed by atoms with van der Waals surface area (Å²) >= 11 is 0. The molecule has 1 aromatic heterocycles. The molecule has 7 nitrogen and oxygen atoms in total. The Hall–Kier alpha value is -2.83. The maximum Gasteiger partial charge on any atom is 0.383 e. The average Bonchev–Trinajstić information content (AvgIpc) is 2.42. The van der Waals surface area contributed by atoms with Crippen LogP contribution in [0.1, 0.15) is 27.7 Å².